The highest BCUT2D eigenvalue weighted by molar-refractivity contribution is 5.39. The molecule has 0 fully saturated rings. The summed E-state index contributed by atoms with van der Waals surface area (Å²) >= 11 is 0. The van der Waals surface area contributed by atoms with Crippen LogP contribution in [0.1, 0.15) is 12.2 Å². The summed E-state index contributed by atoms with van der Waals surface area (Å²) in [7, 11) is 2.07. The average molecular weight is 180 g/mol. The molecule has 1 aromatic rings. The molecule has 0 saturated carbocycles. The van der Waals surface area contributed by atoms with Gasteiger partial charge in [0, 0.05) is 26.2 Å². The lowest BCUT2D eigenvalue weighted by Crippen LogP contribution is -2.33. The van der Waals surface area contributed by atoms with Crippen molar-refractivity contribution in [2.24, 2.45) is 5.73 Å². The Morgan fingerprint density at radius 3 is 3.15 bits per heavy atom. The van der Waals surface area contributed by atoms with Gasteiger partial charge in [0.05, 0.1) is 6.20 Å². The van der Waals surface area contributed by atoms with E-state index in [0.717, 1.165) is 25.3 Å². The fourth-order valence-corrected chi connectivity index (χ4v) is 1.87. The van der Waals surface area contributed by atoms with E-state index in [4.69, 9.17) is 5.73 Å². The number of aromatic nitrogens is 2. The molecule has 1 aliphatic heterocycles. The number of anilines is 1. The van der Waals surface area contributed by atoms with Gasteiger partial charge in [-0.2, -0.15) is 0 Å². The van der Waals surface area contributed by atoms with Gasteiger partial charge in [0.2, 0.25) is 0 Å². The third kappa shape index (κ3) is 1.42. The maximum Gasteiger partial charge on any atom is 0.128 e. The average Bonchev–Trinajstić information content (AvgIpc) is 2.36. The molecule has 0 bridgehead atoms. The zero-order chi connectivity index (χ0) is 9.42. The minimum absolute atomic E-state index is 0.282. The lowest BCUT2D eigenvalue weighted by molar-refractivity contribution is 0.570. The van der Waals surface area contributed by atoms with Crippen molar-refractivity contribution >= 4 is 5.82 Å². The molecule has 0 aliphatic carbocycles. The van der Waals surface area contributed by atoms with Crippen LogP contribution in [-0.4, -0.2) is 29.2 Å². The number of nitrogens with zero attached hydrogens (tertiary/aromatic N) is 3. The topological polar surface area (TPSA) is 47.1 Å². The van der Waals surface area contributed by atoms with Gasteiger partial charge in [0.15, 0.2) is 0 Å². The summed E-state index contributed by atoms with van der Waals surface area (Å²) in [5.74, 6) is 2.27. The number of rotatable bonds is 0. The number of hydrogen-bond donors (Lipinski definition) is 1. The SMILES string of the molecule is Cc1ncc2n1CCC(N)CN2C. The molecule has 0 radical (unpaired) electrons. The van der Waals surface area contributed by atoms with E-state index in [1.807, 2.05) is 13.1 Å². The van der Waals surface area contributed by atoms with Crippen molar-refractivity contribution in [1.29, 1.82) is 0 Å². The number of imidazole rings is 1. The van der Waals surface area contributed by atoms with E-state index in [1.165, 1.54) is 5.82 Å². The molecule has 0 aromatic carbocycles. The second-order valence-electron chi connectivity index (χ2n) is 3.74. The molecule has 2 rings (SSSR count). The highest BCUT2D eigenvalue weighted by atomic mass is 15.3. The summed E-state index contributed by atoms with van der Waals surface area (Å²) in [6.07, 6.45) is 2.96. The van der Waals surface area contributed by atoms with Crippen LogP contribution < -0.4 is 10.6 Å². The van der Waals surface area contributed by atoms with Gasteiger partial charge in [0.25, 0.3) is 0 Å². The molecule has 1 aliphatic rings. The number of hydrogen-bond acceptors (Lipinski definition) is 3. The molecule has 2 heterocycles. The van der Waals surface area contributed by atoms with E-state index in [1.54, 1.807) is 0 Å². The standard InChI is InChI=1S/C9H16N4/c1-7-11-5-9-12(2)6-8(10)3-4-13(7)9/h5,8H,3-4,6,10H2,1-2H3. The van der Waals surface area contributed by atoms with E-state index >= 15 is 0 Å². The Labute approximate surface area is 78.4 Å². The van der Waals surface area contributed by atoms with E-state index in [-0.39, 0.29) is 6.04 Å². The molecule has 1 unspecified atom stereocenters. The summed E-state index contributed by atoms with van der Waals surface area (Å²) in [5, 5.41) is 0. The number of likely N-dealkylation sites (N-methyl/N-ethyl adjacent to an activating group) is 1. The smallest absolute Gasteiger partial charge is 0.128 e. The lowest BCUT2D eigenvalue weighted by Gasteiger charge is -2.18. The lowest BCUT2D eigenvalue weighted by atomic mass is 10.2. The molecule has 1 aromatic heterocycles. The number of fused-ring (bicyclic) bond motifs is 1. The fourth-order valence-electron chi connectivity index (χ4n) is 1.87. The largest absolute Gasteiger partial charge is 0.358 e. The van der Waals surface area contributed by atoms with Gasteiger partial charge < -0.3 is 15.2 Å². The van der Waals surface area contributed by atoms with Crippen molar-refractivity contribution in [3.8, 4) is 0 Å². The fraction of sp³-hybridized carbons (Fsp3) is 0.667. The second kappa shape index (κ2) is 3.03. The van der Waals surface area contributed by atoms with Crippen LogP contribution in [0.4, 0.5) is 5.82 Å². The van der Waals surface area contributed by atoms with Crippen LogP contribution in [0.2, 0.25) is 0 Å². The normalized spacial score (nSPS) is 22.7. The molecule has 0 spiro atoms. The van der Waals surface area contributed by atoms with Crippen LogP contribution in [0, 0.1) is 6.92 Å². The quantitative estimate of drug-likeness (QED) is 0.627. The van der Waals surface area contributed by atoms with Crippen molar-refractivity contribution in [2.45, 2.75) is 25.9 Å². The summed E-state index contributed by atoms with van der Waals surface area (Å²) < 4.78 is 2.23. The molecule has 2 N–H and O–H groups in total. The third-order valence-corrected chi connectivity index (χ3v) is 2.66. The van der Waals surface area contributed by atoms with E-state index in [0.29, 0.717) is 0 Å². The summed E-state index contributed by atoms with van der Waals surface area (Å²) in [5.41, 5.74) is 5.94. The van der Waals surface area contributed by atoms with Gasteiger partial charge in [-0.05, 0) is 13.3 Å². The second-order valence-corrected chi connectivity index (χ2v) is 3.74. The maximum atomic E-state index is 5.94. The maximum absolute atomic E-state index is 5.94. The zero-order valence-corrected chi connectivity index (χ0v) is 8.20. The van der Waals surface area contributed by atoms with Gasteiger partial charge in [0.1, 0.15) is 11.6 Å². The van der Waals surface area contributed by atoms with Crippen molar-refractivity contribution in [3.63, 3.8) is 0 Å². The number of aryl methyl sites for hydroxylation is 1. The summed E-state index contributed by atoms with van der Waals surface area (Å²) in [6, 6.07) is 0.282. The molecule has 4 nitrogen and oxygen atoms in total. The van der Waals surface area contributed by atoms with Crippen LogP contribution in [-0.2, 0) is 6.54 Å². The van der Waals surface area contributed by atoms with Crippen LogP contribution in [0.5, 0.6) is 0 Å². The third-order valence-electron chi connectivity index (χ3n) is 2.66. The van der Waals surface area contributed by atoms with Gasteiger partial charge in [-0.1, -0.05) is 0 Å². The van der Waals surface area contributed by atoms with Crippen LogP contribution in [0.25, 0.3) is 0 Å². The highest BCUT2D eigenvalue weighted by Gasteiger charge is 2.18. The molecular formula is C9H16N4. The Bertz CT molecular complexity index is 305. The first-order chi connectivity index (χ1) is 6.18. The molecule has 0 saturated heterocycles. The minimum Gasteiger partial charge on any atom is -0.358 e. The summed E-state index contributed by atoms with van der Waals surface area (Å²) in [6.45, 7) is 3.95. The van der Waals surface area contributed by atoms with Crippen LogP contribution in [0.15, 0.2) is 6.20 Å². The van der Waals surface area contributed by atoms with Crippen molar-refractivity contribution in [2.75, 3.05) is 18.5 Å². The monoisotopic (exact) mass is 180 g/mol. The van der Waals surface area contributed by atoms with Crippen LogP contribution in [0.3, 0.4) is 0 Å². The molecular weight excluding hydrogens is 164 g/mol. The van der Waals surface area contributed by atoms with E-state index < -0.39 is 0 Å². The summed E-state index contributed by atoms with van der Waals surface area (Å²) in [4.78, 5) is 6.47. The zero-order valence-electron chi connectivity index (χ0n) is 8.20. The molecule has 4 heteroatoms. The molecule has 0 amide bonds. The Morgan fingerprint density at radius 2 is 2.38 bits per heavy atom. The van der Waals surface area contributed by atoms with Gasteiger partial charge >= 0.3 is 0 Å². The number of nitrogens with two attached hydrogens (primary N) is 1. The first kappa shape index (κ1) is 8.56. The van der Waals surface area contributed by atoms with Gasteiger partial charge in [-0.3, -0.25) is 0 Å². The Balaban J connectivity index is 2.36. The molecule has 72 valence electrons. The predicted octanol–water partition coefficient (Wildman–Crippen LogP) is 0.359. The first-order valence-electron chi connectivity index (χ1n) is 4.67. The van der Waals surface area contributed by atoms with Gasteiger partial charge in [-0.15, -0.1) is 0 Å². The minimum atomic E-state index is 0.282. The molecule has 13 heavy (non-hydrogen) atoms. The van der Waals surface area contributed by atoms with Gasteiger partial charge in [-0.25, -0.2) is 4.98 Å². The van der Waals surface area contributed by atoms with Crippen molar-refractivity contribution < 1.29 is 0 Å². The highest BCUT2D eigenvalue weighted by Crippen LogP contribution is 2.19. The first-order valence-corrected chi connectivity index (χ1v) is 4.67. The van der Waals surface area contributed by atoms with Crippen molar-refractivity contribution in [3.05, 3.63) is 12.0 Å². The Hall–Kier alpha value is -1.03. The Morgan fingerprint density at radius 1 is 1.62 bits per heavy atom. The predicted molar refractivity (Wildman–Crippen MR) is 52.8 cm³/mol. The van der Waals surface area contributed by atoms with E-state index in [2.05, 4.69) is 21.5 Å². The molecule has 1 atom stereocenters. The van der Waals surface area contributed by atoms with Crippen molar-refractivity contribution in [1.82, 2.24) is 9.55 Å². The Kier molecular flexibility index (Phi) is 2.00. The van der Waals surface area contributed by atoms with E-state index in [9.17, 15) is 0 Å². The van der Waals surface area contributed by atoms with Crippen LogP contribution >= 0.6 is 0 Å².